The molecule has 1 heterocycles. The minimum Gasteiger partial charge on any atom is -0.424 e. The first kappa shape index (κ1) is 16.1. The Labute approximate surface area is 149 Å². The van der Waals surface area contributed by atoms with Gasteiger partial charge in [0.1, 0.15) is 5.69 Å². The molecule has 0 aliphatic carbocycles. The van der Waals surface area contributed by atoms with Crippen molar-refractivity contribution in [3.8, 4) is 5.75 Å². The van der Waals surface area contributed by atoms with E-state index in [9.17, 15) is 9.18 Å². The number of carbonyl (C=O) groups excluding carboxylic acids is 1. The molecule has 0 saturated heterocycles. The lowest BCUT2D eigenvalue weighted by Gasteiger charge is -2.15. The fraction of sp³-hybridized carbons (Fsp3) is 0.125. The highest BCUT2D eigenvalue weighted by Crippen LogP contribution is 2.38. The normalized spacial score (nSPS) is 10.8. The van der Waals surface area contributed by atoms with Crippen molar-refractivity contribution in [1.82, 2.24) is 4.98 Å². The maximum atomic E-state index is 14.8. The number of rotatable bonds is 3. The third kappa shape index (κ3) is 3.30. The molecule has 7 heteroatoms. The van der Waals surface area contributed by atoms with Crippen LogP contribution in [0.3, 0.4) is 0 Å². The van der Waals surface area contributed by atoms with E-state index in [4.69, 9.17) is 4.74 Å². The monoisotopic (exact) mass is 442 g/mol. The first-order valence-electron chi connectivity index (χ1n) is 6.73. The van der Waals surface area contributed by atoms with E-state index in [1.807, 2.05) is 25.1 Å². The van der Waals surface area contributed by atoms with Gasteiger partial charge in [0, 0.05) is 22.2 Å². The fourth-order valence-electron chi connectivity index (χ4n) is 2.19. The molecule has 0 amide bonds. The van der Waals surface area contributed by atoms with Gasteiger partial charge in [-0.3, -0.25) is 4.79 Å². The van der Waals surface area contributed by atoms with Gasteiger partial charge in [0.05, 0.1) is 15.7 Å². The first-order valence-corrected chi connectivity index (χ1v) is 8.69. The van der Waals surface area contributed by atoms with Crippen molar-refractivity contribution in [2.75, 3.05) is 5.32 Å². The van der Waals surface area contributed by atoms with Crippen molar-refractivity contribution >= 4 is 61.5 Å². The van der Waals surface area contributed by atoms with E-state index in [0.29, 0.717) is 10.2 Å². The molecule has 3 aromatic rings. The predicted octanol–water partition coefficient (Wildman–Crippen LogP) is 5.02. The van der Waals surface area contributed by atoms with E-state index in [2.05, 4.69) is 32.9 Å². The van der Waals surface area contributed by atoms with Crippen LogP contribution in [0.1, 0.15) is 12.5 Å². The van der Waals surface area contributed by atoms with Gasteiger partial charge >= 0.3 is 5.97 Å². The number of esters is 1. The lowest BCUT2D eigenvalue weighted by Crippen LogP contribution is -2.06. The van der Waals surface area contributed by atoms with Gasteiger partial charge in [0.15, 0.2) is 11.6 Å². The molecule has 3 rings (SSSR count). The number of carbonyl (C=O) groups is 1. The minimum absolute atomic E-state index is 0.131. The van der Waals surface area contributed by atoms with Crippen LogP contribution >= 0.6 is 33.9 Å². The van der Waals surface area contributed by atoms with Gasteiger partial charge in [-0.15, -0.1) is 11.3 Å². The predicted molar refractivity (Wildman–Crippen MR) is 98.1 cm³/mol. The summed E-state index contributed by atoms with van der Waals surface area (Å²) in [5.74, 6) is -0.855. The van der Waals surface area contributed by atoms with Crippen LogP contribution in [0.5, 0.6) is 5.75 Å². The molecule has 0 radical (unpaired) electrons. The van der Waals surface area contributed by atoms with Crippen LogP contribution in [0, 0.1) is 16.3 Å². The van der Waals surface area contributed by atoms with E-state index >= 15 is 0 Å². The van der Waals surface area contributed by atoms with Crippen molar-refractivity contribution in [2.24, 2.45) is 0 Å². The van der Waals surface area contributed by atoms with Gasteiger partial charge in [-0.1, -0.05) is 0 Å². The van der Waals surface area contributed by atoms with Gasteiger partial charge in [-0.25, -0.2) is 9.37 Å². The Morgan fingerprint density at radius 2 is 2.17 bits per heavy atom. The van der Waals surface area contributed by atoms with E-state index < -0.39 is 11.8 Å². The maximum Gasteiger partial charge on any atom is 0.308 e. The number of halogens is 2. The SMILES string of the molecule is CC(=O)Oc1cc2ncsc2c(F)c1Nc1ccc(I)cc1C. The van der Waals surface area contributed by atoms with Crippen molar-refractivity contribution in [1.29, 1.82) is 0 Å². The molecule has 0 fully saturated rings. The van der Waals surface area contributed by atoms with Crippen molar-refractivity contribution in [2.45, 2.75) is 13.8 Å². The number of nitrogens with one attached hydrogen (secondary N) is 1. The Bertz CT molecular complexity index is 910. The van der Waals surface area contributed by atoms with Gasteiger partial charge in [-0.2, -0.15) is 0 Å². The molecule has 118 valence electrons. The largest absolute Gasteiger partial charge is 0.424 e. The molecular weight excluding hydrogens is 430 g/mol. The summed E-state index contributed by atoms with van der Waals surface area (Å²) in [5.41, 5.74) is 3.89. The van der Waals surface area contributed by atoms with Crippen LogP contribution in [-0.4, -0.2) is 11.0 Å². The Morgan fingerprint density at radius 1 is 1.39 bits per heavy atom. The molecule has 0 spiro atoms. The molecule has 4 nitrogen and oxygen atoms in total. The number of hydrogen-bond donors (Lipinski definition) is 1. The molecule has 23 heavy (non-hydrogen) atoms. The van der Waals surface area contributed by atoms with Crippen LogP contribution < -0.4 is 10.1 Å². The maximum absolute atomic E-state index is 14.8. The van der Waals surface area contributed by atoms with E-state index in [0.717, 1.165) is 14.8 Å². The highest BCUT2D eigenvalue weighted by atomic mass is 127. The summed E-state index contributed by atoms with van der Waals surface area (Å²) < 4.78 is 21.5. The number of aromatic nitrogens is 1. The van der Waals surface area contributed by atoms with Crippen LogP contribution in [0.2, 0.25) is 0 Å². The molecule has 1 aromatic heterocycles. The number of aryl methyl sites for hydroxylation is 1. The Morgan fingerprint density at radius 3 is 2.87 bits per heavy atom. The summed E-state index contributed by atoms with van der Waals surface area (Å²) >= 11 is 3.42. The van der Waals surface area contributed by atoms with Crippen molar-refractivity contribution < 1.29 is 13.9 Å². The van der Waals surface area contributed by atoms with Gasteiger partial charge in [0.2, 0.25) is 0 Å². The molecule has 0 atom stereocenters. The van der Waals surface area contributed by atoms with Crippen molar-refractivity contribution in [3.05, 3.63) is 44.7 Å². The average Bonchev–Trinajstić information content (AvgIpc) is 2.93. The first-order chi connectivity index (χ1) is 11.0. The smallest absolute Gasteiger partial charge is 0.308 e. The van der Waals surface area contributed by atoms with E-state index in [1.165, 1.54) is 18.3 Å². The van der Waals surface area contributed by atoms with E-state index in [-0.39, 0.29) is 11.4 Å². The average molecular weight is 442 g/mol. The highest BCUT2D eigenvalue weighted by Gasteiger charge is 2.18. The number of benzene rings is 2. The minimum atomic E-state index is -0.513. The van der Waals surface area contributed by atoms with Crippen LogP contribution in [-0.2, 0) is 4.79 Å². The summed E-state index contributed by atoms with van der Waals surface area (Å²) in [4.78, 5) is 15.4. The van der Waals surface area contributed by atoms with E-state index in [1.54, 1.807) is 11.6 Å². The zero-order valence-electron chi connectivity index (χ0n) is 12.3. The van der Waals surface area contributed by atoms with Crippen LogP contribution in [0.25, 0.3) is 10.2 Å². The number of hydrogen-bond acceptors (Lipinski definition) is 5. The fourth-order valence-corrected chi connectivity index (χ4v) is 3.55. The summed E-state index contributed by atoms with van der Waals surface area (Å²) in [7, 11) is 0. The Kier molecular flexibility index (Phi) is 4.49. The third-order valence-electron chi connectivity index (χ3n) is 3.23. The van der Waals surface area contributed by atoms with Crippen LogP contribution in [0.4, 0.5) is 15.8 Å². The number of anilines is 2. The third-order valence-corrected chi connectivity index (χ3v) is 4.74. The number of ether oxygens (including phenoxy) is 1. The second-order valence-electron chi connectivity index (χ2n) is 4.94. The van der Waals surface area contributed by atoms with Crippen LogP contribution in [0.15, 0.2) is 29.8 Å². The van der Waals surface area contributed by atoms with Gasteiger partial charge in [-0.05, 0) is 53.3 Å². The highest BCUT2D eigenvalue weighted by molar-refractivity contribution is 14.1. The zero-order chi connectivity index (χ0) is 16.6. The Hall–Kier alpha value is -1.74. The Balaban J connectivity index is 2.13. The second-order valence-corrected chi connectivity index (χ2v) is 7.04. The molecule has 0 unspecified atom stereocenters. The molecule has 0 aliphatic heterocycles. The number of fused-ring (bicyclic) bond motifs is 1. The second kappa shape index (κ2) is 6.40. The lowest BCUT2D eigenvalue weighted by molar-refractivity contribution is -0.131. The quantitative estimate of drug-likeness (QED) is 0.352. The molecule has 1 N–H and O–H groups in total. The number of thiazole rings is 1. The van der Waals surface area contributed by atoms with Crippen molar-refractivity contribution in [3.63, 3.8) is 0 Å². The van der Waals surface area contributed by atoms with Gasteiger partial charge < -0.3 is 10.1 Å². The lowest BCUT2D eigenvalue weighted by atomic mass is 10.2. The molecule has 0 aliphatic rings. The molecule has 0 bridgehead atoms. The molecular formula is C16H12FIN2O2S. The van der Waals surface area contributed by atoms with Gasteiger partial charge in [0.25, 0.3) is 0 Å². The summed E-state index contributed by atoms with van der Waals surface area (Å²) in [6.45, 7) is 3.21. The molecule has 2 aromatic carbocycles. The molecule has 0 saturated carbocycles. The standard InChI is InChI=1S/C16H12FIN2O2S/c1-8-5-10(18)3-4-11(8)20-15-13(22-9(2)21)6-12-16(14(15)17)23-7-19-12/h3-7,20H,1-2H3. The summed E-state index contributed by atoms with van der Waals surface area (Å²) in [6, 6.07) is 7.34. The summed E-state index contributed by atoms with van der Waals surface area (Å²) in [5, 5.41) is 3.05. The number of nitrogens with zero attached hydrogens (tertiary/aromatic N) is 1. The zero-order valence-corrected chi connectivity index (χ0v) is 15.3. The summed E-state index contributed by atoms with van der Waals surface area (Å²) in [6.07, 6.45) is 0. The topological polar surface area (TPSA) is 51.2 Å².